The maximum Gasteiger partial charge on any atom is 0.149 e. The Bertz CT molecular complexity index is 578. The summed E-state index contributed by atoms with van der Waals surface area (Å²) in [4.78, 5) is 0. The van der Waals surface area contributed by atoms with Crippen LogP contribution in [0.15, 0.2) is 30.3 Å². The molecule has 1 atom stereocenters. The van der Waals surface area contributed by atoms with Crippen LogP contribution in [0.25, 0.3) is 0 Å². The molecule has 92 valence electrons. The standard InChI is InChI=1S/C15H17N3/c1-10-9-15(18-17-11(10)2)16-14-8-7-12-5-3-4-6-13(12)14/h3-6,9,14H,7-8H2,1-2H3,(H,16,18). The van der Waals surface area contributed by atoms with Gasteiger partial charge < -0.3 is 5.32 Å². The van der Waals surface area contributed by atoms with Gasteiger partial charge in [0.25, 0.3) is 0 Å². The molecule has 3 nitrogen and oxygen atoms in total. The van der Waals surface area contributed by atoms with Gasteiger partial charge in [-0.15, -0.1) is 5.10 Å². The first-order chi connectivity index (χ1) is 8.74. The van der Waals surface area contributed by atoms with E-state index in [2.05, 4.69) is 52.8 Å². The zero-order valence-corrected chi connectivity index (χ0v) is 10.8. The highest BCUT2D eigenvalue weighted by Crippen LogP contribution is 2.33. The fourth-order valence-corrected chi connectivity index (χ4v) is 2.50. The van der Waals surface area contributed by atoms with E-state index in [0.717, 1.165) is 24.4 Å². The van der Waals surface area contributed by atoms with E-state index in [1.54, 1.807) is 0 Å². The van der Waals surface area contributed by atoms with E-state index in [1.165, 1.54) is 16.7 Å². The smallest absolute Gasteiger partial charge is 0.149 e. The number of hydrogen-bond acceptors (Lipinski definition) is 3. The minimum absolute atomic E-state index is 0.373. The van der Waals surface area contributed by atoms with Gasteiger partial charge in [-0.2, -0.15) is 5.10 Å². The van der Waals surface area contributed by atoms with Crippen LogP contribution in [0, 0.1) is 13.8 Å². The van der Waals surface area contributed by atoms with Crippen molar-refractivity contribution in [3.8, 4) is 0 Å². The first-order valence-corrected chi connectivity index (χ1v) is 6.39. The summed E-state index contributed by atoms with van der Waals surface area (Å²) in [6, 6.07) is 11.1. The summed E-state index contributed by atoms with van der Waals surface area (Å²) in [7, 11) is 0. The average Bonchev–Trinajstić information content (AvgIpc) is 2.78. The van der Waals surface area contributed by atoms with Crippen molar-refractivity contribution < 1.29 is 0 Å². The van der Waals surface area contributed by atoms with Crippen LogP contribution in [0.4, 0.5) is 5.82 Å². The van der Waals surface area contributed by atoms with Crippen molar-refractivity contribution >= 4 is 5.82 Å². The molecule has 0 fully saturated rings. The number of nitrogens with one attached hydrogen (secondary N) is 1. The lowest BCUT2D eigenvalue weighted by atomic mass is 10.1. The second-order valence-electron chi connectivity index (χ2n) is 4.93. The first kappa shape index (κ1) is 11.2. The number of hydrogen-bond donors (Lipinski definition) is 1. The van der Waals surface area contributed by atoms with E-state index in [-0.39, 0.29) is 0 Å². The zero-order chi connectivity index (χ0) is 12.5. The summed E-state index contributed by atoms with van der Waals surface area (Å²) in [6.07, 6.45) is 2.28. The third-order valence-electron chi connectivity index (χ3n) is 3.69. The van der Waals surface area contributed by atoms with Gasteiger partial charge in [-0.05, 0) is 49.4 Å². The second kappa shape index (κ2) is 4.41. The number of fused-ring (bicyclic) bond motifs is 1. The molecule has 3 rings (SSSR count). The summed E-state index contributed by atoms with van der Waals surface area (Å²) in [6.45, 7) is 4.05. The van der Waals surface area contributed by atoms with E-state index < -0.39 is 0 Å². The second-order valence-corrected chi connectivity index (χ2v) is 4.93. The predicted octanol–water partition coefficient (Wildman–Crippen LogP) is 3.19. The van der Waals surface area contributed by atoms with Gasteiger partial charge in [0, 0.05) is 0 Å². The van der Waals surface area contributed by atoms with Crippen molar-refractivity contribution in [2.24, 2.45) is 0 Å². The van der Waals surface area contributed by atoms with E-state index in [1.807, 2.05) is 6.92 Å². The van der Waals surface area contributed by atoms with Crippen LogP contribution in [-0.2, 0) is 6.42 Å². The molecule has 1 unspecified atom stereocenters. The first-order valence-electron chi connectivity index (χ1n) is 6.39. The van der Waals surface area contributed by atoms with Crippen LogP contribution >= 0.6 is 0 Å². The number of benzene rings is 1. The largest absolute Gasteiger partial charge is 0.362 e. The Morgan fingerprint density at radius 3 is 2.83 bits per heavy atom. The van der Waals surface area contributed by atoms with Crippen LogP contribution in [0.2, 0.25) is 0 Å². The van der Waals surface area contributed by atoms with Crippen LogP contribution < -0.4 is 5.32 Å². The number of anilines is 1. The molecular formula is C15H17N3. The van der Waals surface area contributed by atoms with E-state index in [9.17, 15) is 0 Å². The van der Waals surface area contributed by atoms with E-state index in [4.69, 9.17) is 0 Å². The summed E-state index contributed by atoms with van der Waals surface area (Å²) < 4.78 is 0. The number of aromatic nitrogens is 2. The number of rotatable bonds is 2. The molecular weight excluding hydrogens is 222 g/mol. The lowest BCUT2D eigenvalue weighted by molar-refractivity contribution is 0.751. The summed E-state index contributed by atoms with van der Waals surface area (Å²) in [5.41, 5.74) is 5.02. The highest BCUT2D eigenvalue weighted by atomic mass is 15.2. The van der Waals surface area contributed by atoms with Gasteiger partial charge in [-0.1, -0.05) is 24.3 Å². The minimum atomic E-state index is 0.373. The monoisotopic (exact) mass is 239 g/mol. The Balaban J connectivity index is 1.84. The van der Waals surface area contributed by atoms with E-state index >= 15 is 0 Å². The normalized spacial score (nSPS) is 17.6. The Hall–Kier alpha value is -1.90. The van der Waals surface area contributed by atoms with Crippen molar-refractivity contribution in [1.29, 1.82) is 0 Å². The van der Waals surface area contributed by atoms with Gasteiger partial charge in [0.2, 0.25) is 0 Å². The third kappa shape index (κ3) is 1.96. The van der Waals surface area contributed by atoms with Gasteiger partial charge in [0.15, 0.2) is 0 Å². The van der Waals surface area contributed by atoms with E-state index in [0.29, 0.717) is 6.04 Å². The van der Waals surface area contributed by atoms with Crippen molar-refractivity contribution in [2.75, 3.05) is 5.32 Å². The van der Waals surface area contributed by atoms with Crippen molar-refractivity contribution in [3.05, 3.63) is 52.7 Å². The molecule has 3 heteroatoms. The van der Waals surface area contributed by atoms with Crippen LogP contribution in [0.1, 0.15) is 34.8 Å². The Kier molecular flexibility index (Phi) is 2.74. The molecule has 1 aliphatic rings. The molecule has 1 aliphatic carbocycles. The molecule has 1 heterocycles. The van der Waals surface area contributed by atoms with Crippen LogP contribution in [0.3, 0.4) is 0 Å². The maximum atomic E-state index is 4.21. The van der Waals surface area contributed by atoms with Gasteiger partial charge in [0.05, 0.1) is 11.7 Å². The molecule has 0 bridgehead atoms. The van der Waals surface area contributed by atoms with Crippen molar-refractivity contribution in [3.63, 3.8) is 0 Å². The Labute approximate surface area is 107 Å². The predicted molar refractivity (Wildman–Crippen MR) is 72.6 cm³/mol. The van der Waals surface area contributed by atoms with Crippen molar-refractivity contribution in [1.82, 2.24) is 10.2 Å². The number of nitrogens with zero attached hydrogens (tertiary/aromatic N) is 2. The molecule has 2 aromatic rings. The number of aryl methyl sites for hydroxylation is 3. The molecule has 1 aromatic heterocycles. The molecule has 0 saturated carbocycles. The molecule has 1 aromatic carbocycles. The summed E-state index contributed by atoms with van der Waals surface area (Å²) in [5, 5.41) is 11.9. The SMILES string of the molecule is Cc1cc(NC2CCc3ccccc32)nnc1C. The fraction of sp³-hybridized carbons (Fsp3) is 0.333. The highest BCUT2D eigenvalue weighted by Gasteiger charge is 2.21. The quantitative estimate of drug-likeness (QED) is 0.874. The minimum Gasteiger partial charge on any atom is -0.362 e. The molecule has 0 aliphatic heterocycles. The van der Waals surface area contributed by atoms with Crippen LogP contribution in [0.5, 0.6) is 0 Å². The fourth-order valence-electron chi connectivity index (χ4n) is 2.50. The average molecular weight is 239 g/mol. The van der Waals surface area contributed by atoms with Gasteiger partial charge >= 0.3 is 0 Å². The lowest BCUT2D eigenvalue weighted by Crippen LogP contribution is -2.09. The molecule has 0 spiro atoms. The summed E-state index contributed by atoms with van der Waals surface area (Å²) >= 11 is 0. The van der Waals surface area contributed by atoms with Crippen molar-refractivity contribution in [2.45, 2.75) is 32.7 Å². The lowest BCUT2D eigenvalue weighted by Gasteiger charge is -2.14. The van der Waals surface area contributed by atoms with Gasteiger partial charge in [-0.25, -0.2) is 0 Å². The Morgan fingerprint density at radius 2 is 2.00 bits per heavy atom. The van der Waals surface area contributed by atoms with Gasteiger partial charge in [0.1, 0.15) is 5.82 Å². The Morgan fingerprint density at radius 1 is 1.17 bits per heavy atom. The van der Waals surface area contributed by atoms with Gasteiger partial charge in [-0.3, -0.25) is 0 Å². The topological polar surface area (TPSA) is 37.8 Å². The molecule has 0 saturated heterocycles. The third-order valence-corrected chi connectivity index (χ3v) is 3.69. The molecule has 0 amide bonds. The molecule has 0 radical (unpaired) electrons. The molecule has 1 N–H and O–H groups in total. The highest BCUT2D eigenvalue weighted by molar-refractivity contribution is 5.44. The summed E-state index contributed by atoms with van der Waals surface area (Å²) in [5.74, 6) is 0.875. The zero-order valence-electron chi connectivity index (χ0n) is 10.8. The van der Waals surface area contributed by atoms with Crippen LogP contribution in [-0.4, -0.2) is 10.2 Å². The maximum absolute atomic E-state index is 4.21. The molecule has 18 heavy (non-hydrogen) atoms.